The number of rotatable bonds is 6. The van der Waals surface area contributed by atoms with E-state index in [1.807, 2.05) is 42.5 Å². The van der Waals surface area contributed by atoms with Gasteiger partial charge in [0.05, 0.1) is 22.4 Å². The fraction of sp³-hybridized carbons (Fsp3) is 0. The van der Waals surface area contributed by atoms with Crippen molar-refractivity contribution in [1.82, 2.24) is 24.5 Å². The highest BCUT2D eigenvalue weighted by Gasteiger charge is 2.21. The van der Waals surface area contributed by atoms with Crippen LogP contribution in [0.4, 0.5) is 0 Å². The monoisotopic (exact) mass is 733 g/mol. The number of hydrogen-bond donors (Lipinski definition) is 0. The largest absolute Gasteiger partial charge is 0.308 e. The summed E-state index contributed by atoms with van der Waals surface area (Å²) in [6, 6.07) is 65.6. The summed E-state index contributed by atoms with van der Waals surface area (Å²) in [5.74, 6) is 1.67. The first-order valence-electron chi connectivity index (χ1n) is 18.6. The molecule has 11 rings (SSSR count). The predicted molar refractivity (Wildman–Crippen MR) is 232 cm³/mol. The number of fused-ring (bicyclic) bond motifs is 6. The van der Waals surface area contributed by atoms with Gasteiger partial charge < -0.3 is 4.57 Å². The number of para-hydroxylation sites is 2. The molecule has 0 radical (unpaired) electrons. The first-order valence-corrected chi connectivity index (χ1v) is 19.5. The van der Waals surface area contributed by atoms with E-state index in [1.165, 1.54) is 30.9 Å². The van der Waals surface area contributed by atoms with E-state index in [2.05, 4.69) is 150 Å². The summed E-state index contributed by atoms with van der Waals surface area (Å²) in [6.45, 7) is 0. The minimum atomic E-state index is 0.513. The Morgan fingerprint density at radius 2 is 0.946 bits per heavy atom. The second-order valence-corrected chi connectivity index (χ2v) is 14.9. The molecule has 0 fully saturated rings. The van der Waals surface area contributed by atoms with Crippen LogP contribution in [0.5, 0.6) is 0 Å². The van der Waals surface area contributed by atoms with Gasteiger partial charge in [-0.25, -0.2) is 19.9 Å². The Kier molecular flexibility index (Phi) is 7.60. The summed E-state index contributed by atoms with van der Waals surface area (Å²) in [5, 5.41) is 4.88. The first kappa shape index (κ1) is 32.2. The molecule has 0 aliphatic carbocycles. The average molecular weight is 734 g/mol. The fourth-order valence-corrected chi connectivity index (χ4v) is 9.11. The van der Waals surface area contributed by atoms with Crippen LogP contribution in [0.1, 0.15) is 0 Å². The van der Waals surface area contributed by atoms with Crippen molar-refractivity contribution in [3.8, 4) is 62.4 Å². The van der Waals surface area contributed by atoms with Crippen molar-refractivity contribution in [1.29, 1.82) is 0 Å². The van der Waals surface area contributed by atoms with Crippen LogP contribution in [-0.2, 0) is 0 Å². The van der Waals surface area contributed by atoms with Gasteiger partial charge in [0.15, 0.2) is 17.5 Å². The third-order valence-corrected chi connectivity index (χ3v) is 11.7. The minimum absolute atomic E-state index is 0.513. The minimum Gasteiger partial charge on any atom is -0.308 e. The molecule has 0 saturated heterocycles. The topological polar surface area (TPSA) is 56.5 Å². The molecular formula is C50H31N5S. The molecule has 0 saturated carbocycles. The first-order chi connectivity index (χ1) is 27.8. The van der Waals surface area contributed by atoms with E-state index < -0.39 is 0 Å². The molecule has 4 aromatic heterocycles. The maximum absolute atomic E-state index is 5.27. The van der Waals surface area contributed by atoms with E-state index in [-0.39, 0.29) is 0 Å². The Balaban J connectivity index is 1.15. The summed E-state index contributed by atoms with van der Waals surface area (Å²) < 4.78 is 4.83. The SMILES string of the molecule is c1ccc(-c2ccc(-c3nc(-c4ccccc4)nc(-c4cccc(-c5cccc6c5sc5ccccc56)n4)n3)c(-n3c4ccccc4c4ccccc43)c2)cc1. The standard InChI is InChI=1S/C50H31N5S/c1-3-15-32(16-4-1)34-29-30-40(45(31-34)55-43-26-10-7-19-35(43)36-20-8-11-27-44(36)55)49-52-48(33-17-5-2-6-18-33)53-50(54-49)42-25-14-24-41(51-42)39-23-13-22-38-37-21-9-12-28-46(37)56-47(38)39/h1-31H. The highest BCUT2D eigenvalue weighted by Crippen LogP contribution is 2.41. The number of pyridine rings is 1. The van der Waals surface area contributed by atoms with Crippen LogP contribution in [-0.4, -0.2) is 24.5 Å². The van der Waals surface area contributed by atoms with Gasteiger partial charge >= 0.3 is 0 Å². The normalized spacial score (nSPS) is 11.6. The predicted octanol–water partition coefficient (Wildman–Crippen LogP) is 13.1. The Labute approximate surface area is 326 Å². The van der Waals surface area contributed by atoms with Crippen molar-refractivity contribution in [3.05, 3.63) is 188 Å². The number of hydrogen-bond acceptors (Lipinski definition) is 5. The van der Waals surface area contributed by atoms with Gasteiger partial charge in [-0.15, -0.1) is 11.3 Å². The van der Waals surface area contributed by atoms with Crippen LogP contribution in [0.25, 0.3) is 104 Å². The molecule has 6 heteroatoms. The molecule has 7 aromatic carbocycles. The van der Waals surface area contributed by atoms with Crippen LogP contribution in [0.2, 0.25) is 0 Å². The van der Waals surface area contributed by atoms with Crippen molar-refractivity contribution in [2.24, 2.45) is 0 Å². The van der Waals surface area contributed by atoms with E-state index in [1.54, 1.807) is 11.3 Å². The molecule has 11 aromatic rings. The molecule has 0 unspecified atom stereocenters. The summed E-state index contributed by atoms with van der Waals surface area (Å²) in [5.41, 5.74) is 9.90. The molecule has 0 atom stereocenters. The zero-order chi connectivity index (χ0) is 37.0. The number of thiophene rings is 1. The maximum atomic E-state index is 5.27. The summed E-state index contributed by atoms with van der Waals surface area (Å²) in [6.07, 6.45) is 0. The number of nitrogens with zero attached hydrogens (tertiary/aromatic N) is 5. The molecule has 4 heterocycles. The van der Waals surface area contributed by atoms with E-state index in [0.29, 0.717) is 23.2 Å². The van der Waals surface area contributed by atoms with Crippen molar-refractivity contribution in [2.45, 2.75) is 0 Å². The molecule has 0 aliphatic rings. The van der Waals surface area contributed by atoms with Gasteiger partial charge in [-0.3, -0.25) is 0 Å². The van der Waals surface area contributed by atoms with E-state index in [4.69, 9.17) is 19.9 Å². The Bertz CT molecular complexity index is 3200. The lowest BCUT2D eigenvalue weighted by atomic mass is 10.0. The molecule has 0 aliphatic heterocycles. The lowest BCUT2D eigenvalue weighted by molar-refractivity contribution is 1.05. The quantitative estimate of drug-likeness (QED) is 0.171. The van der Waals surface area contributed by atoms with Crippen molar-refractivity contribution < 1.29 is 0 Å². The molecule has 0 N–H and O–H groups in total. The number of aromatic nitrogens is 5. The van der Waals surface area contributed by atoms with Crippen LogP contribution in [0.15, 0.2) is 188 Å². The van der Waals surface area contributed by atoms with Crippen LogP contribution < -0.4 is 0 Å². The molecule has 0 spiro atoms. The Morgan fingerprint density at radius 3 is 1.71 bits per heavy atom. The maximum Gasteiger partial charge on any atom is 0.182 e. The Morgan fingerprint density at radius 1 is 0.357 bits per heavy atom. The summed E-state index contributed by atoms with van der Waals surface area (Å²) in [7, 11) is 0. The second kappa shape index (κ2) is 13.2. The van der Waals surface area contributed by atoms with Gasteiger partial charge in [-0.1, -0.05) is 146 Å². The fourth-order valence-electron chi connectivity index (χ4n) is 7.88. The zero-order valence-electron chi connectivity index (χ0n) is 30.0. The van der Waals surface area contributed by atoms with Gasteiger partial charge in [0.25, 0.3) is 0 Å². The number of benzene rings is 7. The molecular weight excluding hydrogens is 703 g/mol. The van der Waals surface area contributed by atoms with Crippen molar-refractivity contribution in [2.75, 3.05) is 0 Å². The lowest BCUT2D eigenvalue weighted by Crippen LogP contribution is -2.04. The lowest BCUT2D eigenvalue weighted by Gasteiger charge is -2.16. The smallest absolute Gasteiger partial charge is 0.182 e. The zero-order valence-corrected chi connectivity index (χ0v) is 30.9. The third kappa shape index (κ3) is 5.38. The molecule has 5 nitrogen and oxygen atoms in total. The van der Waals surface area contributed by atoms with Gasteiger partial charge in [0.1, 0.15) is 5.69 Å². The van der Waals surface area contributed by atoms with Gasteiger partial charge in [0, 0.05) is 47.6 Å². The third-order valence-electron chi connectivity index (χ3n) is 10.5. The van der Waals surface area contributed by atoms with Gasteiger partial charge in [-0.2, -0.15) is 0 Å². The van der Waals surface area contributed by atoms with Crippen molar-refractivity contribution >= 4 is 53.3 Å². The average Bonchev–Trinajstić information content (AvgIpc) is 3.83. The van der Waals surface area contributed by atoms with Crippen molar-refractivity contribution in [3.63, 3.8) is 0 Å². The molecule has 0 bridgehead atoms. The Hall–Kier alpha value is -7.28. The van der Waals surface area contributed by atoms with E-state index in [0.717, 1.165) is 50.2 Å². The molecule has 262 valence electrons. The molecule has 0 amide bonds. The van der Waals surface area contributed by atoms with E-state index >= 15 is 0 Å². The highest BCUT2D eigenvalue weighted by atomic mass is 32.1. The van der Waals surface area contributed by atoms with E-state index in [9.17, 15) is 0 Å². The summed E-state index contributed by atoms with van der Waals surface area (Å²) in [4.78, 5) is 20.8. The van der Waals surface area contributed by atoms with Crippen LogP contribution in [0.3, 0.4) is 0 Å². The second-order valence-electron chi connectivity index (χ2n) is 13.8. The van der Waals surface area contributed by atoms with Crippen LogP contribution >= 0.6 is 11.3 Å². The van der Waals surface area contributed by atoms with Crippen LogP contribution in [0, 0.1) is 0 Å². The van der Waals surface area contributed by atoms with Gasteiger partial charge in [0.2, 0.25) is 0 Å². The summed E-state index contributed by atoms with van der Waals surface area (Å²) >= 11 is 1.80. The highest BCUT2D eigenvalue weighted by molar-refractivity contribution is 7.26. The molecule has 56 heavy (non-hydrogen) atoms. The van der Waals surface area contributed by atoms with Gasteiger partial charge in [-0.05, 0) is 53.6 Å².